The molecule has 0 radical (unpaired) electrons. The number of nitrogens with zero attached hydrogens (tertiary/aromatic N) is 3. The summed E-state index contributed by atoms with van der Waals surface area (Å²) in [6.45, 7) is 2.43. The topological polar surface area (TPSA) is 79.8 Å². The van der Waals surface area contributed by atoms with Crippen LogP contribution in [0.1, 0.15) is 54.4 Å². The lowest BCUT2D eigenvalue weighted by molar-refractivity contribution is -0.122. The molecule has 6 rings (SSSR count). The Labute approximate surface area is 249 Å². The molecule has 0 N–H and O–H groups in total. The number of aromatic nitrogens is 1. The molecule has 3 amide bonds. The molecule has 0 bridgehead atoms. The van der Waals surface area contributed by atoms with Crippen molar-refractivity contribution in [3.8, 4) is 16.3 Å². The Kier molecular flexibility index (Phi) is 7.89. The van der Waals surface area contributed by atoms with Gasteiger partial charge in [0, 0.05) is 17.7 Å². The number of hydrogen-bond acceptors (Lipinski definition) is 6. The molecule has 214 valence electrons. The maximum absolute atomic E-state index is 13.8. The Morgan fingerprint density at radius 3 is 2.67 bits per heavy atom. The van der Waals surface area contributed by atoms with Gasteiger partial charge in [0.15, 0.2) is 0 Å². The predicted octanol–water partition coefficient (Wildman–Crippen LogP) is 6.95. The van der Waals surface area contributed by atoms with Gasteiger partial charge in [0.25, 0.3) is 11.8 Å². The Bertz CT molecular complexity index is 1690. The molecule has 2 aliphatic rings. The summed E-state index contributed by atoms with van der Waals surface area (Å²) in [6.07, 6.45) is 7.25. The van der Waals surface area contributed by atoms with Crippen LogP contribution in [0.5, 0.6) is 5.75 Å². The van der Waals surface area contributed by atoms with Gasteiger partial charge in [-0.2, -0.15) is 0 Å². The van der Waals surface area contributed by atoms with Gasteiger partial charge in [-0.05, 0) is 99.2 Å². The summed E-state index contributed by atoms with van der Waals surface area (Å²) in [4.78, 5) is 48.5. The molecule has 4 aromatic rings. The van der Waals surface area contributed by atoms with E-state index in [1.54, 1.807) is 59.7 Å². The van der Waals surface area contributed by atoms with Gasteiger partial charge in [-0.25, -0.2) is 9.88 Å². The van der Waals surface area contributed by atoms with Gasteiger partial charge < -0.3 is 9.64 Å². The largest absolute Gasteiger partial charge is 0.497 e. The quantitative estimate of drug-likeness (QED) is 0.167. The minimum atomic E-state index is -0.868. The average Bonchev–Trinajstić information content (AvgIpc) is 3.57. The van der Waals surface area contributed by atoms with Crippen LogP contribution >= 0.6 is 11.3 Å². The molecule has 1 atom stereocenters. The van der Waals surface area contributed by atoms with Gasteiger partial charge in [-0.15, -0.1) is 11.3 Å². The smallest absolute Gasteiger partial charge is 0.257 e. The van der Waals surface area contributed by atoms with Crippen LogP contribution in [-0.4, -0.2) is 47.3 Å². The monoisotopic (exact) mass is 579 g/mol. The zero-order chi connectivity index (χ0) is 29.2. The lowest BCUT2D eigenvalue weighted by Crippen LogP contribution is -2.46. The third-order valence-electron chi connectivity index (χ3n) is 8.05. The Morgan fingerprint density at radius 1 is 1.07 bits per heavy atom. The van der Waals surface area contributed by atoms with Crippen molar-refractivity contribution in [3.63, 3.8) is 0 Å². The number of rotatable bonds is 8. The molecule has 0 saturated carbocycles. The maximum atomic E-state index is 13.8. The molecule has 2 heterocycles. The van der Waals surface area contributed by atoms with Crippen LogP contribution in [0.2, 0.25) is 0 Å². The standard InChI is InChI=1S/C34H33N3O4S/c1-22-11-16-28-30(19-22)42-32(35-28)24-12-14-26(15-13-24)37-31(38)21-29(34(37)40)36(18-17-23-7-4-3-5-8-23)33(39)25-9-6-10-27(20-25)41-2/h6-7,9-16,19-20,29H,3-5,8,17-18,21H2,1-2H3. The van der Waals surface area contributed by atoms with Gasteiger partial charge >= 0.3 is 0 Å². The van der Waals surface area contributed by atoms with E-state index in [1.807, 2.05) is 24.3 Å². The molecule has 1 aromatic heterocycles. The fourth-order valence-corrected chi connectivity index (χ4v) is 6.82. The fourth-order valence-electron chi connectivity index (χ4n) is 5.76. The number of fused-ring (bicyclic) bond motifs is 1. The van der Waals surface area contributed by atoms with Crippen molar-refractivity contribution in [2.24, 2.45) is 0 Å². The first kappa shape index (κ1) is 27.8. The normalized spacial score (nSPS) is 17.0. The van der Waals surface area contributed by atoms with Gasteiger partial charge in [0.2, 0.25) is 5.91 Å². The molecule has 1 fully saturated rings. The van der Waals surface area contributed by atoms with Crippen molar-refractivity contribution in [1.29, 1.82) is 0 Å². The molecule has 0 spiro atoms. The predicted molar refractivity (Wildman–Crippen MR) is 166 cm³/mol. The van der Waals surface area contributed by atoms with E-state index < -0.39 is 6.04 Å². The number of allylic oxidation sites excluding steroid dienone is 1. The minimum Gasteiger partial charge on any atom is -0.497 e. The highest BCUT2D eigenvalue weighted by Crippen LogP contribution is 2.34. The number of carbonyl (C=O) groups excluding carboxylic acids is 3. The number of imide groups is 1. The second-order valence-corrected chi connectivity index (χ2v) is 11.9. The van der Waals surface area contributed by atoms with E-state index in [2.05, 4.69) is 19.1 Å². The van der Waals surface area contributed by atoms with Crippen molar-refractivity contribution >= 4 is 45.0 Å². The van der Waals surface area contributed by atoms with Crippen molar-refractivity contribution in [1.82, 2.24) is 9.88 Å². The van der Waals surface area contributed by atoms with E-state index in [1.165, 1.54) is 22.5 Å². The number of carbonyl (C=O) groups is 3. The first-order chi connectivity index (χ1) is 20.4. The number of amides is 3. The first-order valence-corrected chi connectivity index (χ1v) is 15.2. The average molecular weight is 580 g/mol. The van der Waals surface area contributed by atoms with Gasteiger partial charge in [0.1, 0.15) is 16.8 Å². The Morgan fingerprint density at radius 2 is 1.90 bits per heavy atom. The number of aryl methyl sites for hydroxylation is 1. The third-order valence-corrected chi connectivity index (χ3v) is 9.12. The number of thiazole rings is 1. The number of benzene rings is 3. The second kappa shape index (κ2) is 11.9. The Hall–Kier alpha value is -4.30. The zero-order valence-corrected chi connectivity index (χ0v) is 24.7. The molecular weight excluding hydrogens is 546 g/mol. The number of hydrogen-bond donors (Lipinski definition) is 0. The fraction of sp³-hybridized carbons (Fsp3) is 0.294. The molecule has 1 saturated heterocycles. The van der Waals surface area contributed by atoms with Crippen molar-refractivity contribution < 1.29 is 19.1 Å². The van der Waals surface area contributed by atoms with Crippen molar-refractivity contribution in [2.75, 3.05) is 18.6 Å². The molecule has 7 nitrogen and oxygen atoms in total. The minimum absolute atomic E-state index is 0.0490. The molecule has 42 heavy (non-hydrogen) atoms. The summed E-state index contributed by atoms with van der Waals surface area (Å²) in [5, 5.41) is 0.881. The van der Waals surface area contributed by atoms with Crippen LogP contribution in [0, 0.1) is 6.92 Å². The molecule has 8 heteroatoms. The van der Waals surface area contributed by atoms with Gasteiger partial charge in [-0.1, -0.05) is 23.8 Å². The lowest BCUT2D eigenvalue weighted by atomic mass is 9.96. The highest BCUT2D eigenvalue weighted by molar-refractivity contribution is 7.21. The van der Waals surface area contributed by atoms with E-state index in [0.29, 0.717) is 30.0 Å². The third kappa shape index (κ3) is 5.59. The molecule has 1 aliphatic heterocycles. The van der Waals surface area contributed by atoms with Gasteiger partial charge in [0.05, 0.1) is 29.4 Å². The molecular formula is C34H33N3O4S. The van der Waals surface area contributed by atoms with E-state index in [-0.39, 0.29) is 24.1 Å². The van der Waals surface area contributed by atoms with E-state index in [9.17, 15) is 14.4 Å². The summed E-state index contributed by atoms with van der Waals surface area (Å²) < 4.78 is 6.45. The number of ether oxygens (including phenoxy) is 1. The van der Waals surface area contributed by atoms with Gasteiger partial charge in [-0.3, -0.25) is 14.4 Å². The first-order valence-electron chi connectivity index (χ1n) is 14.4. The second-order valence-electron chi connectivity index (χ2n) is 10.9. The van der Waals surface area contributed by atoms with E-state index in [0.717, 1.165) is 40.1 Å². The van der Waals surface area contributed by atoms with Crippen LogP contribution in [0.15, 0.2) is 78.4 Å². The van der Waals surface area contributed by atoms with Crippen LogP contribution in [-0.2, 0) is 9.59 Å². The molecule has 1 aliphatic carbocycles. The van der Waals surface area contributed by atoms with E-state index >= 15 is 0 Å². The Balaban J connectivity index is 1.25. The number of anilines is 1. The summed E-state index contributed by atoms with van der Waals surface area (Å²) in [6, 6.07) is 19.6. The summed E-state index contributed by atoms with van der Waals surface area (Å²) in [5.41, 5.74) is 5.28. The van der Waals surface area contributed by atoms with Crippen molar-refractivity contribution in [3.05, 3.63) is 89.5 Å². The van der Waals surface area contributed by atoms with Crippen LogP contribution < -0.4 is 9.64 Å². The summed E-state index contributed by atoms with van der Waals surface area (Å²) >= 11 is 1.61. The molecule has 3 aromatic carbocycles. The van der Waals surface area contributed by atoms with Crippen LogP contribution in [0.25, 0.3) is 20.8 Å². The zero-order valence-electron chi connectivity index (χ0n) is 23.8. The van der Waals surface area contributed by atoms with Crippen molar-refractivity contribution in [2.45, 2.75) is 51.5 Å². The molecule has 1 unspecified atom stereocenters. The summed E-state index contributed by atoms with van der Waals surface area (Å²) in [5.74, 6) is -0.403. The maximum Gasteiger partial charge on any atom is 0.257 e. The highest BCUT2D eigenvalue weighted by Gasteiger charge is 2.44. The lowest BCUT2D eigenvalue weighted by Gasteiger charge is -2.29. The SMILES string of the molecule is COc1cccc(C(=O)N(CCC2=CCCCC2)C2CC(=O)N(c3ccc(-c4nc5ccc(C)cc5s4)cc3)C2=O)c1. The highest BCUT2D eigenvalue weighted by atomic mass is 32.1. The number of methoxy groups -OCH3 is 1. The summed E-state index contributed by atoms with van der Waals surface area (Å²) in [7, 11) is 1.55. The van der Waals surface area contributed by atoms with Crippen LogP contribution in [0.4, 0.5) is 5.69 Å². The van der Waals surface area contributed by atoms with Crippen LogP contribution in [0.3, 0.4) is 0 Å². The van der Waals surface area contributed by atoms with E-state index in [4.69, 9.17) is 9.72 Å².